The molecule has 0 saturated heterocycles. The van der Waals surface area contributed by atoms with Crippen LogP contribution < -0.4 is 10.6 Å². The van der Waals surface area contributed by atoms with Gasteiger partial charge in [0, 0.05) is 29.6 Å². The molecule has 1 heterocycles. The van der Waals surface area contributed by atoms with Gasteiger partial charge in [-0.3, -0.25) is 14.9 Å². The molecule has 3 rings (SSSR count). The minimum absolute atomic E-state index is 0.0433. The van der Waals surface area contributed by atoms with Crippen molar-refractivity contribution in [2.75, 3.05) is 13.1 Å². The summed E-state index contributed by atoms with van der Waals surface area (Å²) in [6, 6.07) is 14.7. The Bertz CT molecular complexity index is 795. The molecule has 1 aliphatic heterocycles. The predicted octanol–water partition coefficient (Wildman–Crippen LogP) is 3.08. The first-order valence-electron chi connectivity index (χ1n) is 8.54. The maximum absolute atomic E-state index is 12.4. The van der Waals surface area contributed by atoms with E-state index in [2.05, 4.69) is 22.8 Å². The number of carbonyl (C=O) groups excluding carboxylic acids is 1. The van der Waals surface area contributed by atoms with Crippen LogP contribution >= 0.6 is 11.8 Å². The van der Waals surface area contributed by atoms with Crippen LogP contribution in [0.15, 0.2) is 53.4 Å². The van der Waals surface area contributed by atoms with E-state index < -0.39 is 4.92 Å². The highest BCUT2D eigenvalue weighted by molar-refractivity contribution is 8.00. The Morgan fingerprint density at radius 2 is 2.04 bits per heavy atom. The molecule has 0 saturated carbocycles. The molecule has 0 bridgehead atoms. The van der Waals surface area contributed by atoms with Gasteiger partial charge in [-0.1, -0.05) is 24.3 Å². The third-order valence-electron chi connectivity index (χ3n) is 4.43. The molecule has 0 aliphatic carbocycles. The molecule has 6 nitrogen and oxygen atoms in total. The quantitative estimate of drug-likeness (QED) is 0.463. The van der Waals surface area contributed by atoms with E-state index in [0.29, 0.717) is 6.54 Å². The van der Waals surface area contributed by atoms with Gasteiger partial charge in [0.2, 0.25) is 5.91 Å². The fraction of sp³-hybridized carbons (Fsp3) is 0.316. The number of nitro benzene ring substituents is 1. The van der Waals surface area contributed by atoms with Crippen LogP contribution in [0.1, 0.15) is 24.1 Å². The van der Waals surface area contributed by atoms with Gasteiger partial charge in [-0.05, 0) is 43.1 Å². The maximum atomic E-state index is 12.4. The summed E-state index contributed by atoms with van der Waals surface area (Å²) in [5.41, 5.74) is 2.63. The summed E-state index contributed by atoms with van der Waals surface area (Å²) in [7, 11) is 0. The van der Waals surface area contributed by atoms with E-state index in [1.807, 2.05) is 19.1 Å². The number of non-ortho nitro benzene ring substituents is 1. The highest BCUT2D eigenvalue weighted by Gasteiger charge is 2.21. The smallest absolute Gasteiger partial charge is 0.269 e. The van der Waals surface area contributed by atoms with Gasteiger partial charge in [0.05, 0.1) is 10.2 Å². The molecule has 0 radical (unpaired) electrons. The number of carbonyl (C=O) groups is 1. The molecule has 0 spiro atoms. The second kappa shape index (κ2) is 8.33. The third kappa shape index (κ3) is 4.42. The largest absolute Gasteiger partial charge is 0.353 e. The zero-order valence-electron chi connectivity index (χ0n) is 14.5. The number of fused-ring (bicyclic) bond motifs is 1. The van der Waals surface area contributed by atoms with E-state index in [1.165, 1.54) is 35.0 Å². The molecule has 26 heavy (non-hydrogen) atoms. The first kappa shape index (κ1) is 18.4. The van der Waals surface area contributed by atoms with Crippen LogP contribution in [0, 0.1) is 10.1 Å². The molecular formula is C19H21N3O3S. The molecule has 2 N–H and O–H groups in total. The summed E-state index contributed by atoms with van der Waals surface area (Å²) in [6.45, 7) is 3.29. The monoisotopic (exact) mass is 371 g/mol. The zero-order valence-corrected chi connectivity index (χ0v) is 15.3. The van der Waals surface area contributed by atoms with Crippen molar-refractivity contribution < 1.29 is 9.72 Å². The molecule has 1 aliphatic rings. The lowest BCUT2D eigenvalue weighted by molar-refractivity contribution is -0.384. The fourth-order valence-electron chi connectivity index (χ4n) is 3.03. The summed E-state index contributed by atoms with van der Waals surface area (Å²) >= 11 is 1.39. The molecular weight excluding hydrogens is 350 g/mol. The average molecular weight is 371 g/mol. The van der Waals surface area contributed by atoms with Crippen molar-refractivity contribution in [1.29, 1.82) is 0 Å². The number of rotatable bonds is 6. The second-order valence-electron chi connectivity index (χ2n) is 6.21. The molecule has 2 unspecified atom stereocenters. The summed E-state index contributed by atoms with van der Waals surface area (Å²) in [5, 5.41) is 16.9. The Morgan fingerprint density at radius 1 is 1.31 bits per heavy atom. The normalized spacial score (nSPS) is 17.2. The van der Waals surface area contributed by atoms with Crippen LogP contribution in [0.4, 0.5) is 5.69 Å². The number of thioether (sulfide) groups is 1. The Morgan fingerprint density at radius 3 is 2.77 bits per heavy atom. The SMILES string of the molecule is CC(Sc1ccc([N+](=O)[O-])cc1)C(=O)NCC1NCCc2ccccc21. The summed E-state index contributed by atoms with van der Waals surface area (Å²) in [5.74, 6) is -0.0433. The van der Waals surface area contributed by atoms with Crippen molar-refractivity contribution in [2.24, 2.45) is 0 Å². The lowest BCUT2D eigenvalue weighted by Crippen LogP contribution is -2.41. The third-order valence-corrected chi connectivity index (χ3v) is 5.54. The number of nitrogens with zero attached hydrogens (tertiary/aromatic N) is 1. The first-order valence-corrected chi connectivity index (χ1v) is 9.42. The van der Waals surface area contributed by atoms with Crippen LogP contribution in [-0.4, -0.2) is 29.2 Å². The van der Waals surface area contributed by atoms with E-state index >= 15 is 0 Å². The van der Waals surface area contributed by atoms with E-state index in [0.717, 1.165) is 17.9 Å². The topological polar surface area (TPSA) is 84.3 Å². The van der Waals surface area contributed by atoms with Crippen LogP contribution in [0.25, 0.3) is 0 Å². The van der Waals surface area contributed by atoms with Gasteiger partial charge in [-0.2, -0.15) is 0 Å². The minimum atomic E-state index is -0.431. The molecule has 2 atom stereocenters. The fourth-order valence-corrected chi connectivity index (χ4v) is 3.92. The van der Waals surface area contributed by atoms with Gasteiger partial charge >= 0.3 is 0 Å². The van der Waals surface area contributed by atoms with Crippen molar-refractivity contribution >= 4 is 23.4 Å². The second-order valence-corrected chi connectivity index (χ2v) is 7.63. The number of benzene rings is 2. The van der Waals surface area contributed by atoms with Gasteiger partial charge in [-0.15, -0.1) is 11.8 Å². The Hall–Kier alpha value is -2.38. The Kier molecular flexibility index (Phi) is 5.90. The van der Waals surface area contributed by atoms with E-state index in [1.54, 1.807) is 12.1 Å². The number of hydrogen-bond acceptors (Lipinski definition) is 5. The highest BCUT2D eigenvalue weighted by atomic mass is 32.2. The standard InChI is InChI=1S/C19H21N3O3S/c1-13(26-16-8-6-15(7-9-16)22(24)25)19(23)21-12-18-17-5-3-2-4-14(17)10-11-20-18/h2-9,13,18,20H,10-12H2,1H3,(H,21,23). The van der Waals surface area contributed by atoms with Crippen molar-refractivity contribution in [3.8, 4) is 0 Å². The van der Waals surface area contributed by atoms with Crippen LogP contribution in [0.5, 0.6) is 0 Å². The first-order chi connectivity index (χ1) is 12.5. The molecule has 7 heteroatoms. The van der Waals surface area contributed by atoms with Crippen molar-refractivity contribution in [1.82, 2.24) is 10.6 Å². The minimum Gasteiger partial charge on any atom is -0.353 e. The van der Waals surface area contributed by atoms with Gasteiger partial charge in [0.25, 0.3) is 5.69 Å². The molecule has 2 aromatic carbocycles. The molecule has 0 aromatic heterocycles. The summed E-state index contributed by atoms with van der Waals surface area (Å²) < 4.78 is 0. The molecule has 0 fully saturated rings. The number of nitro groups is 1. The van der Waals surface area contributed by atoms with Gasteiger partial charge in [0.1, 0.15) is 0 Å². The van der Waals surface area contributed by atoms with E-state index in [4.69, 9.17) is 0 Å². The van der Waals surface area contributed by atoms with E-state index in [-0.39, 0.29) is 22.9 Å². The summed E-state index contributed by atoms with van der Waals surface area (Å²) in [6.07, 6.45) is 1.01. The van der Waals surface area contributed by atoms with Crippen LogP contribution in [0.2, 0.25) is 0 Å². The zero-order chi connectivity index (χ0) is 18.5. The van der Waals surface area contributed by atoms with Crippen molar-refractivity contribution in [3.63, 3.8) is 0 Å². The Labute approximate surface area is 156 Å². The number of nitrogens with one attached hydrogen (secondary N) is 2. The van der Waals surface area contributed by atoms with E-state index in [9.17, 15) is 14.9 Å². The van der Waals surface area contributed by atoms with Crippen LogP contribution in [0.3, 0.4) is 0 Å². The van der Waals surface area contributed by atoms with Gasteiger partial charge in [0.15, 0.2) is 0 Å². The van der Waals surface area contributed by atoms with Gasteiger partial charge in [-0.25, -0.2) is 0 Å². The number of hydrogen-bond donors (Lipinski definition) is 2. The average Bonchev–Trinajstić information content (AvgIpc) is 2.66. The van der Waals surface area contributed by atoms with Crippen molar-refractivity contribution in [2.45, 2.75) is 29.5 Å². The van der Waals surface area contributed by atoms with Gasteiger partial charge < -0.3 is 10.6 Å². The lowest BCUT2D eigenvalue weighted by atomic mass is 9.94. The number of amides is 1. The summed E-state index contributed by atoms with van der Waals surface area (Å²) in [4.78, 5) is 23.5. The lowest BCUT2D eigenvalue weighted by Gasteiger charge is -2.27. The molecule has 136 valence electrons. The molecule has 2 aromatic rings. The van der Waals surface area contributed by atoms with Crippen LogP contribution in [-0.2, 0) is 11.2 Å². The highest BCUT2D eigenvalue weighted by Crippen LogP contribution is 2.26. The molecule has 1 amide bonds. The predicted molar refractivity (Wildman–Crippen MR) is 102 cm³/mol. The Balaban J connectivity index is 1.54. The maximum Gasteiger partial charge on any atom is 0.269 e. The van der Waals surface area contributed by atoms with Crippen molar-refractivity contribution in [3.05, 3.63) is 69.8 Å².